The largest absolute Gasteiger partial charge is 0.493 e. The number of nitrogens with one attached hydrogen (secondary N) is 2. The molecule has 3 aromatic carbocycles. The summed E-state index contributed by atoms with van der Waals surface area (Å²) in [5.41, 5.74) is 4.76. The van der Waals surface area contributed by atoms with Gasteiger partial charge in [0.05, 0.1) is 30.3 Å². The minimum absolute atomic E-state index is 0.000695. The van der Waals surface area contributed by atoms with Gasteiger partial charge in [-0.25, -0.2) is 0 Å². The van der Waals surface area contributed by atoms with Crippen molar-refractivity contribution in [2.24, 2.45) is 5.92 Å². The van der Waals surface area contributed by atoms with Crippen LogP contribution in [-0.2, 0) is 4.79 Å². The number of amides is 2. The summed E-state index contributed by atoms with van der Waals surface area (Å²) in [6, 6.07) is 21.8. The third kappa shape index (κ3) is 4.33. The summed E-state index contributed by atoms with van der Waals surface area (Å²) in [7, 11) is 0. The van der Waals surface area contributed by atoms with Gasteiger partial charge in [-0.05, 0) is 54.3 Å². The maximum absolute atomic E-state index is 13.4. The SMILES string of the molecule is O=C(NC1CCOc2ccc(-c3ccccc3)cc21)C1CCCN(C(=O)c2ccc3[nH]ncc3c2)C1. The van der Waals surface area contributed by atoms with Crippen molar-refractivity contribution >= 4 is 22.7 Å². The third-order valence-electron chi connectivity index (χ3n) is 7.24. The molecule has 3 heterocycles. The molecule has 0 saturated carbocycles. The quantitative estimate of drug-likeness (QED) is 0.442. The Morgan fingerprint density at radius 2 is 1.89 bits per heavy atom. The van der Waals surface area contributed by atoms with Gasteiger partial charge in [0.2, 0.25) is 5.91 Å². The Morgan fingerprint density at radius 1 is 1.00 bits per heavy atom. The Bertz CT molecular complexity index is 1410. The summed E-state index contributed by atoms with van der Waals surface area (Å²) >= 11 is 0. The Labute approximate surface area is 209 Å². The number of carbonyl (C=O) groups is 2. The molecule has 2 aliphatic heterocycles. The summed E-state index contributed by atoms with van der Waals surface area (Å²) in [6.07, 6.45) is 4.02. The van der Waals surface area contributed by atoms with Crippen LogP contribution in [0.5, 0.6) is 5.75 Å². The Kier molecular flexibility index (Phi) is 5.89. The molecule has 2 aliphatic rings. The molecule has 1 aromatic heterocycles. The number of rotatable bonds is 4. The second-order valence-corrected chi connectivity index (χ2v) is 9.58. The fourth-order valence-electron chi connectivity index (χ4n) is 5.28. The number of benzene rings is 3. The van der Waals surface area contributed by atoms with Gasteiger partial charge in [0, 0.05) is 36.0 Å². The first-order valence-corrected chi connectivity index (χ1v) is 12.5. The molecule has 2 atom stereocenters. The molecule has 4 aromatic rings. The van der Waals surface area contributed by atoms with Crippen molar-refractivity contribution in [3.05, 3.63) is 84.1 Å². The van der Waals surface area contributed by atoms with Gasteiger partial charge in [-0.1, -0.05) is 36.4 Å². The Morgan fingerprint density at radius 3 is 2.78 bits per heavy atom. The van der Waals surface area contributed by atoms with E-state index in [1.165, 1.54) is 0 Å². The zero-order valence-electron chi connectivity index (χ0n) is 19.9. The van der Waals surface area contributed by atoms with Gasteiger partial charge in [0.15, 0.2) is 0 Å². The first kappa shape index (κ1) is 22.3. The molecule has 6 rings (SSSR count). The zero-order valence-corrected chi connectivity index (χ0v) is 19.9. The van der Waals surface area contributed by atoms with Gasteiger partial charge in [0.25, 0.3) is 5.91 Å². The van der Waals surface area contributed by atoms with E-state index in [9.17, 15) is 9.59 Å². The topological polar surface area (TPSA) is 87.3 Å². The van der Waals surface area contributed by atoms with E-state index in [0.29, 0.717) is 25.3 Å². The number of piperidine rings is 1. The first-order valence-electron chi connectivity index (χ1n) is 12.5. The fraction of sp³-hybridized carbons (Fsp3) is 0.276. The highest BCUT2D eigenvalue weighted by Gasteiger charge is 2.32. The normalized spacial score (nSPS) is 19.4. The van der Waals surface area contributed by atoms with E-state index in [-0.39, 0.29) is 23.8 Å². The molecule has 36 heavy (non-hydrogen) atoms. The van der Waals surface area contributed by atoms with E-state index in [0.717, 1.165) is 52.6 Å². The standard InChI is InChI=1S/C29H28N4O3/c34-28(22-7-4-13-33(18-22)29(35)21-8-10-25-23(15-21)17-30-32-25)31-26-12-14-36-27-11-9-20(16-24(26)27)19-5-2-1-3-6-19/h1-3,5-6,8-11,15-17,22,26H,4,7,12-14,18H2,(H,30,32)(H,31,34). The minimum atomic E-state index is -0.232. The number of hydrogen-bond donors (Lipinski definition) is 2. The third-order valence-corrected chi connectivity index (χ3v) is 7.24. The number of aromatic amines is 1. The van der Waals surface area contributed by atoms with Crippen LogP contribution in [-0.4, -0.2) is 46.6 Å². The van der Waals surface area contributed by atoms with Crippen molar-refractivity contribution in [3.63, 3.8) is 0 Å². The molecule has 0 radical (unpaired) electrons. The van der Waals surface area contributed by atoms with Crippen molar-refractivity contribution in [1.29, 1.82) is 0 Å². The molecule has 182 valence electrons. The summed E-state index contributed by atoms with van der Waals surface area (Å²) < 4.78 is 5.88. The van der Waals surface area contributed by atoms with Crippen LogP contribution in [0, 0.1) is 5.92 Å². The van der Waals surface area contributed by atoms with E-state index < -0.39 is 0 Å². The summed E-state index contributed by atoms with van der Waals surface area (Å²) in [5.74, 6) is 0.547. The highest BCUT2D eigenvalue weighted by Crippen LogP contribution is 2.36. The van der Waals surface area contributed by atoms with Gasteiger partial charge in [-0.15, -0.1) is 0 Å². The Hall–Kier alpha value is -4.13. The molecule has 1 fully saturated rings. The fourth-order valence-corrected chi connectivity index (χ4v) is 5.28. The van der Waals surface area contributed by atoms with E-state index in [4.69, 9.17) is 4.74 Å². The number of ether oxygens (including phenoxy) is 1. The molecular weight excluding hydrogens is 452 g/mol. The molecule has 7 nitrogen and oxygen atoms in total. The lowest BCUT2D eigenvalue weighted by Gasteiger charge is -2.34. The highest BCUT2D eigenvalue weighted by atomic mass is 16.5. The van der Waals surface area contributed by atoms with Crippen LogP contribution in [0.15, 0.2) is 72.9 Å². The smallest absolute Gasteiger partial charge is 0.253 e. The van der Waals surface area contributed by atoms with Crippen LogP contribution in [0.1, 0.15) is 41.2 Å². The molecule has 0 bridgehead atoms. The number of fused-ring (bicyclic) bond motifs is 2. The van der Waals surface area contributed by atoms with E-state index in [1.54, 1.807) is 11.1 Å². The minimum Gasteiger partial charge on any atom is -0.493 e. The number of hydrogen-bond acceptors (Lipinski definition) is 4. The number of carbonyl (C=O) groups excluding carboxylic acids is 2. The molecule has 0 spiro atoms. The van der Waals surface area contributed by atoms with Gasteiger partial charge in [-0.3, -0.25) is 14.7 Å². The predicted octanol–water partition coefficient (Wildman–Crippen LogP) is 4.72. The molecule has 2 N–H and O–H groups in total. The second-order valence-electron chi connectivity index (χ2n) is 9.58. The molecule has 2 unspecified atom stereocenters. The average Bonchev–Trinajstić information content (AvgIpc) is 3.41. The summed E-state index contributed by atoms with van der Waals surface area (Å²) in [4.78, 5) is 28.4. The number of H-pyrrole nitrogens is 1. The first-order chi connectivity index (χ1) is 17.7. The lowest BCUT2D eigenvalue weighted by Crippen LogP contribution is -2.46. The lowest BCUT2D eigenvalue weighted by atomic mass is 9.93. The molecule has 7 heteroatoms. The lowest BCUT2D eigenvalue weighted by molar-refractivity contribution is -0.127. The van der Waals surface area contributed by atoms with Crippen molar-refractivity contribution in [2.45, 2.75) is 25.3 Å². The molecule has 0 aliphatic carbocycles. The van der Waals surface area contributed by atoms with E-state index >= 15 is 0 Å². The van der Waals surface area contributed by atoms with Gasteiger partial charge < -0.3 is 15.0 Å². The summed E-state index contributed by atoms with van der Waals surface area (Å²) in [6.45, 7) is 1.65. The van der Waals surface area contributed by atoms with Crippen molar-refractivity contribution < 1.29 is 14.3 Å². The maximum Gasteiger partial charge on any atom is 0.253 e. The van der Waals surface area contributed by atoms with Crippen LogP contribution in [0.4, 0.5) is 0 Å². The van der Waals surface area contributed by atoms with Crippen LogP contribution < -0.4 is 10.1 Å². The number of likely N-dealkylation sites (tertiary alicyclic amines) is 1. The number of nitrogens with zero attached hydrogens (tertiary/aromatic N) is 2. The highest BCUT2D eigenvalue weighted by molar-refractivity contribution is 5.98. The summed E-state index contributed by atoms with van der Waals surface area (Å²) in [5, 5.41) is 11.1. The van der Waals surface area contributed by atoms with Crippen LogP contribution >= 0.6 is 0 Å². The molecular formula is C29H28N4O3. The van der Waals surface area contributed by atoms with Crippen molar-refractivity contribution in [2.75, 3.05) is 19.7 Å². The van der Waals surface area contributed by atoms with Crippen molar-refractivity contribution in [1.82, 2.24) is 20.4 Å². The van der Waals surface area contributed by atoms with Crippen LogP contribution in [0.25, 0.3) is 22.0 Å². The van der Waals surface area contributed by atoms with Gasteiger partial charge >= 0.3 is 0 Å². The van der Waals surface area contributed by atoms with E-state index in [1.807, 2.05) is 42.5 Å². The molecule has 2 amide bonds. The predicted molar refractivity (Wildman–Crippen MR) is 138 cm³/mol. The monoisotopic (exact) mass is 480 g/mol. The van der Waals surface area contributed by atoms with Gasteiger partial charge in [-0.2, -0.15) is 5.10 Å². The average molecular weight is 481 g/mol. The zero-order chi connectivity index (χ0) is 24.5. The van der Waals surface area contributed by atoms with Crippen LogP contribution in [0.3, 0.4) is 0 Å². The van der Waals surface area contributed by atoms with Crippen LogP contribution in [0.2, 0.25) is 0 Å². The number of aromatic nitrogens is 2. The Balaban J connectivity index is 1.16. The van der Waals surface area contributed by atoms with Crippen molar-refractivity contribution in [3.8, 4) is 16.9 Å². The van der Waals surface area contributed by atoms with E-state index in [2.05, 4.69) is 39.8 Å². The maximum atomic E-state index is 13.4. The molecule has 1 saturated heterocycles. The van der Waals surface area contributed by atoms with Gasteiger partial charge in [0.1, 0.15) is 5.75 Å². The second kappa shape index (κ2) is 9.49.